The molecule has 0 spiro atoms. The van der Waals surface area contributed by atoms with Crippen LogP contribution in [0.4, 0.5) is 0 Å². The van der Waals surface area contributed by atoms with Gasteiger partial charge in [-0.2, -0.15) is 0 Å². The van der Waals surface area contributed by atoms with Gasteiger partial charge in [-0.15, -0.1) is 0 Å². The Kier molecular flexibility index (Phi) is 5.17. The molecule has 0 saturated carbocycles. The Bertz CT molecular complexity index is 617. The number of halogens is 1. The largest absolute Gasteiger partial charge is 0.496 e. The molecule has 0 aliphatic rings. The Labute approximate surface area is 129 Å². The fourth-order valence-electron chi connectivity index (χ4n) is 2.08. The molecule has 1 heterocycles. The summed E-state index contributed by atoms with van der Waals surface area (Å²) in [5.74, 6) is 0.286. The molecule has 0 radical (unpaired) electrons. The maximum absolute atomic E-state index is 12.3. The number of nitrogens with zero attached hydrogens (tertiary/aromatic N) is 1. The summed E-state index contributed by atoms with van der Waals surface area (Å²) in [6.07, 6.45) is 4.24. The van der Waals surface area contributed by atoms with Crippen LogP contribution in [0.2, 0.25) is 5.02 Å². The Morgan fingerprint density at radius 2 is 2.24 bits per heavy atom. The second kappa shape index (κ2) is 7.09. The van der Waals surface area contributed by atoms with Crippen LogP contribution in [0.5, 0.6) is 5.75 Å². The van der Waals surface area contributed by atoms with Gasteiger partial charge in [-0.3, -0.25) is 9.78 Å². The first-order valence-corrected chi connectivity index (χ1v) is 7.01. The molecule has 0 bridgehead atoms. The summed E-state index contributed by atoms with van der Waals surface area (Å²) in [5.41, 5.74) is 1.55. The van der Waals surface area contributed by atoms with Gasteiger partial charge in [-0.25, -0.2) is 0 Å². The summed E-state index contributed by atoms with van der Waals surface area (Å²) in [6.45, 7) is 1.95. The van der Waals surface area contributed by atoms with E-state index in [0.29, 0.717) is 16.3 Å². The van der Waals surface area contributed by atoms with E-state index in [2.05, 4.69) is 10.3 Å². The molecule has 1 amide bonds. The van der Waals surface area contributed by atoms with E-state index in [4.69, 9.17) is 16.3 Å². The van der Waals surface area contributed by atoms with Gasteiger partial charge in [0.1, 0.15) is 5.75 Å². The first-order valence-electron chi connectivity index (χ1n) is 6.63. The highest BCUT2D eigenvalue weighted by molar-refractivity contribution is 6.30. The smallest absolute Gasteiger partial charge is 0.255 e. The highest BCUT2D eigenvalue weighted by Gasteiger charge is 2.15. The molecule has 0 unspecified atom stereocenters. The second-order valence-electron chi connectivity index (χ2n) is 4.78. The highest BCUT2D eigenvalue weighted by Crippen LogP contribution is 2.23. The summed E-state index contributed by atoms with van der Waals surface area (Å²) in [7, 11) is 1.52. The first kappa shape index (κ1) is 15.3. The topological polar surface area (TPSA) is 51.2 Å². The van der Waals surface area contributed by atoms with E-state index in [1.807, 2.05) is 19.1 Å². The van der Waals surface area contributed by atoms with Crippen molar-refractivity contribution >= 4 is 17.5 Å². The number of benzene rings is 1. The monoisotopic (exact) mass is 304 g/mol. The summed E-state index contributed by atoms with van der Waals surface area (Å²) in [6, 6.07) is 8.81. The number of nitrogens with one attached hydrogen (secondary N) is 1. The zero-order valence-electron chi connectivity index (χ0n) is 12.0. The zero-order valence-corrected chi connectivity index (χ0v) is 12.7. The van der Waals surface area contributed by atoms with Crippen LogP contribution >= 0.6 is 11.6 Å². The van der Waals surface area contributed by atoms with E-state index in [1.165, 1.54) is 7.11 Å². The Morgan fingerprint density at radius 3 is 2.90 bits per heavy atom. The van der Waals surface area contributed by atoms with Gasteiger partial charge in [0, 0.05) is 23.5 Å². The average Bonchev–Trinajstić information content (AvgIpc) is 2.47. The quantitative estimate of drug-likeness (QED) is 0.923. The Hall–Kier alpha value is -2.07. The summed E-state index contributed by atoms with van der Waals surface area (Å²) >= 11 is 5.89. The van der Waals surface area contributed by atoms with E-state index in [1.54, 1.807) is 30.6 Å². The number of pyridine rings is 1. The molecule has 0 aliphatic heterocycles. The van der Waals surface area contributed by atoms with E-state index in [9.17, 15) is 4.79 Å². The van der Waals surface area contributed by atoms with Crippen molar-refractivity contribution in [3.63, 3.8) is 0 Å². The number of ether oxygens (including phenoxy) is 1. The molecule has 1 N–H and O–H groups in total. The van der Waals surface area contributed by atoms with Crippen molar-refractivity contribution in [3.8, 4) is 5.75 Å². The fourth-order valence-corrected chi connectivity index (χ4v) is 2.24. The molecule has 2 rings (SSSR count). The van der Waals surface area contributed by atoms with Crippen LogP contribution in [0.25, 0.3) is 0 Å². The van der Waals surface area contributed by atoms with E-state index in [-0.39, 0.29) is 11.9 Å². The van der Waals surface area contributed by atoms with Crippen LogP contribution in [-0.4, -0.2) is 24.0 Å². The van der Waals surface area contributed by atoms with Gasteiger partial charge in [0.15, 0.2) is 0 Å². The third-order valence-corrected chi connectivity index (χ3v) is 3.29. The molecule has 4 nitrogen and oxygen atoms in total. The van der Waals surface area contributed by atoms with Gasteiger partial charge in [0.25, 0.3) is 5.91 Å². The number of amides is 1. The SMILES string of the molecule is COc1cc(Cl)ccc1C(=O)N[C@H](C)Cc1cccnc1. The number of aromatic nitrogens is 1. The maximum atomic E-state index is 12.3. The number of carbonyl (C=O) groups excluding carboxylic acids is 1. The van der Waals surface area contributed by atoms with Gasteiger partial charge >= 0.3 is 0 Å². The lowest BCUT2D eigenvalue weighted by atomic mass is 10.1. The maximum Gasteiger partial charge on any atom is 0.255 e. The van der Waals surface area contributed by atoms with Gasteiger partial charge in [0.05, 0.1) is 12.7 Å². The van der Waals surface area contributed by atoms with Crippen molar-refractivity contribution in [3.05, 3.63) is 58.9 Å². The van der Waals surface area contributed by atoms with Gasteiger partial charge < -0.3 is 10.1 Å². The van der Waals surface area contributed by atoms with Gasteiger partial charge in [-0.1, -0.05) is 17.7 Å². The number of hydrogen-bond donors (Lipinski definition) is 1. The predicted octanol–water partition coefficient (Wildman–Crippen LogP) is 3.10. The van der Waals surface area contributed by atoms with Crippen molar-refractivity contribution in [2.24, 2.45) is 0 Å². The van der Waals surface area contributed by atoms with Crippen LogP contribution in [0.1, 0.15) is 22.8 Å². The highest BCUT2D eigenvalue weighted by atomic mass is 35.5. The van der Waals surface area contributed by atoms with E-state index in [0.717, 1.165) is 12.0 Å². The summed E-state index contributed by atoms with van der Waals surface area (Å²) in [5, 5.41) is 3.48. The number of hydrogen-bond acceptors (Lipinski definition) is 3. The number of methoxy groups -OCH3 is 1. The van der Waals surface area contributed by atoms with Gasteiger partial charge in [-0.05, 0) is 43.2 Å². The van der Waals surface area contributed by atoms with Crippen LogP contribution in [0.3, 0.4) is 0 Å². The fraction of sp³-hybridized carbons (Fsp3) is 0.250. The van der Waals surface area contributed by atoms with Crippen molar-refractivity contribution < 1.29 is 9.53 Å². The molecule has 21 heavy (non-hydrogen) atoms. The molecule has 110 valence electrons. The lowest BCUT2D eigenvalue weighted by Crippen LogP contribution is -2.34. The minimum Gasteiger partial charge on any atom is -0.496 e. The molecular formula is C16H17ClN2O2. The third-order valence-electron chi connectivity index (χ3n) is 3.05. The lowest BCUT2D eigenvalue weighted by molar-refractivity contribution is 0.0937. The minimum absolute atomic E-state index is 0.0120. The molecule has 2 aromatic rings. The van der Waals surface area contributed by atoms with Crippen molar-refractivity contribution in [2.45, 2.75) is 19.4 Å². The molecular weight excluding hydrogens is 288 g/mol. The second-order valence-corrected chi connectivity index (χ2v) is 5.22. The Balaban J connectivity index is 2.04. The molecule has 1 aromatic carbocycles. The molecule has 5 heteroatoms. The zero-order chi connectivity index (χ0) is 15.2. The number of carbonyl (C=O) groups is 1. The number of rotatable bonds is 5. The lowest BCUT2D eigenvalue weighted by Gasteiger charge is -2.15. The van der Waals surface area contributed by atoms with Crippen LogP contribution in [0, 0.1) is 0 Å². The summed E-state index contributed by atoms with van der Waals surface area (Å²) < 4.78 is 5.19. The van der Waals surface area contributed by atoms with E-state index < -0.39 is 0 Å². The predicted molar refractivity (Wildman–Crippen MR) is 82.9 cm³/mol. The molecule has 0 fully saturated rings. The molecule has 0 saturated heterocycles. The van der Waals surface area contributed by atoms with Crippen LogP contribution in [-0.2, 0) is 6.42 Å². The van der Waals surface area contributed by atoms with Gasteiger partial charge in [0.2, 0.25) is 0 Å². The Morgan fingerprint density at radius 1 is 1.43 bits per heavy atom. The third kappa shape index (κ3) is 4.20. The average molecular weight is 305 g/mol. The van der Waals surface area contributed by atoms with Crippen molar-refractivity contribution in [2.75, 3.05) is 7.11 Å². The minimum atomic E-state index is -0.181. The van der Waals surface area contributed by atoms with Crippen LogP contribution < -0.4 is 10.1 Å². The van der Waals surface area contributed by atoms with E-state index >= 15 is 0 Å². The molecule has 1 atom stereocenters. The normalized spacial score (nSPS) is 11.8. The standard InChI is InChI=1S/C16H17ClN2O2/c1-11(8-12-4-3-7-18-10-12)19-16(20)14-6-5-13(17)9-15(14)21-2/h3-7,9-11H,8H2,1-2H3,(H,19,20)/t11-/m1/s1. The summed E-state index contributed by atoms with van der Waals surface area (Å²) in [4.78, 5) is 16.4. The van der Waals surface area contributed by atoms with Crippen molar-refractivity contribution in [1.82, 2.24) is 10.3 Å². The van der Waals surface area contributed by atoms with Crippen molar-refractivity contribution in [1.29, 1.82) is 0 Å². The first-order chi connectivity index (χ1) is 10.1. The molecule has 1 aromatic heterocycles. The molecule has 0 aliphatic carbocycles. The van der Waals surface area contributed by atoms with Crippen LogP contribution in [0.15, 0.2) is 42.7 Å².